The molecule has 0 aromatic carbocycles. The summed E-state index contributed by atoms with van der Waals surface area (Å²) in [7, 11) is 0. The molecule has 2 heterocycles. The van der Waals surface area contributed by atoms with Gasteiger partial charge in [0.1, 0.15) is 16.7 Å². The van der Waals surface area contributed by atoms with Crippen LogP contribution in [0.1, 0.15) is 31.2 Å². The summed E-state index contributed by atoms with van der Waals surface area (Å²) in [4.78, 5) is 14.0. The van der Waals surface area contributed by atoms with Crippen molar-refractivity contribution in [2.45, 2.75) is 36.6 Å². The second-order valence-electron chi connectivity index (χ2n) is 4.34. The van der Waals surface area contributed by atoms with Crippen LogP contribution in [0.25, 0.3) is 0 Å². The van der Waals surface area contributed by atoms with E-state index in [0.717, 1.165) is 21.3 Å². The Bertz CT molecular complexity index is 540. The third kappa shape index (κ3) is 2.79. The van der Waals surface area contributed by atoms with Crippen molar-refractivity contribution >= 4 is 17.6 Å². The summed E-state index contributed by atoms with van der Waals surface area (Å²) >= 11 is 1.59. The summed E-state index contributed by atoms with van der Waals surface area (Å²) in [6.45, 7) is 6.07. The first-order valence-corrected chi connectivity index (χ1v) is 6.61. The SMILES string of the molecule is Cc1c(N)nc(C(C)C)nc1Sc1ccncc1. The summed E-state index contributed by atoms with van der Waals surface area (Å²) in [5.74, 6) is 1.62. The molecule has 0 amide bonds. The predicted octanol–water partition coefficient (Wildman–Crippen LogP) is 3.04. The van der Waals surface area contributed by atoms with Gasteiger partial charge in [0.15, 0.2) is 0 Å². The minimum Gasteiger partial charge on any atom is -0.383 e. The number of rotatable bonds is 3. The summed E-state index contributed by atoms with van der Waals surface area (Å²) in [6.07, 6.45) is 3.54. The van der Waals surface area contributed by atoms with Gasteiger partial charge < -0.3 is 5.73 Å². The zero-order chi connectivity index (χ0) is 13.1. The van der Waals surface area contributed by atoms with Crippen LogP contribution in [-0.2, 0) is 0 Å². The van der Waals surface area contributed by atoms with E-state index in [1.165, 1.54) is 0 Å². The number of aromatic nitrogens is 3. The Morgan fingerprint density at radius 2 is 1.83 bits per heavy atom. The van der Waals surface area contributed by atoms with Crippen molar-refractivity contribution in [2.75, 3.05) is 5.73 Å². The van der Waals surface area contributed by atoms with Gasteiger partial charge in [0.25, 0.3) is 0 Å². The first-order valence-electron chi connectivity index (χ1n) is 5.80. The fourth-order valence-corrected chi connectivity index (χ4v) is 2.28. The van der Waals surface area contributed by atoms with E-state index in [9.17, 15) is 0 Å². The van der Waals surface area contributed by atoms with Gasteiger partial charge in [0.2, 0.25) is 0 Å². The van der Waals surface area contributed by atoms with Crippen molar-refractivity contribution in [3.8, 4) is 0 Å². The van der Waals surface area contributed by atoms with Gasteiger partial charge in [-0.1, -0.05) is 25.6 Å². The van der Waals surface area contributed by atoms with Gasteiger partial charge in [-0.2, -0.15) is 0 Å². The first-order chi connectivity index (χ1) is 8.58. The molecule has 94 valence electrons. The van der Waals surface area contributed by atoms with Crippen LogP contribution in [0, 0.1) is 6.92 Å². The highest BCUT2D eigenvalue weighted by molar-refractivity contribution is 7.99. The number of hydrogen-bond acceptors (Lipinski definition) is 5. The van der Waals surface area contributed by atoms with E-state index in [4.69, 9.17) is 5.73 Å². The lowest BCUT2D eigenvalue weighted by Crippen LogP contribution is -2.05. The van der Waals surface area contributed by atoms with Crippen LogP contribution in [0.4, 0.5) is 5.82 Å². The molecule has 0 spiro atoms. The molecule has 2 rings (SSSR count). The zero-order valence-electron chi connectivity index (χ0n) is 10.7. The predicted molar refractivity (Wildman–Crippen MR) is 73.6 cm³/mol. The topological polar surface area (TPSA) is 64.7 Å². The molecule has 0 atom stereocenters. The van der Waals surface area contributed by atoms with E-state index in [1.807, 2.05) is 19.1 Å². The molecule has 0 bridgehead atoms. The molecule has 2 aromatic rings. The Kier molecular flexibility index (Phi) is 3.81. The molecular weight excluding hydrogens is 244 g/mol. The van der Waals surface area contributed by atoms with Crippen LogP contribution in [-0.4, -0.2) is 15.0 Å². The van der Waals surface area contributed by atoms with Crippen LogP contribution in [0.15, 0.2) is 34.4 Å². The standard InChI is InChI=1S/C13H16N4S/c1-8(2)12-16-11(14)9(3)13(17-12)18-10-4-6-15-7-5-10/h4-8H,1-3H3,(H2,14,16,17). The molecule has 0 fully saturated rings. The van der Waals surface area contributed by atoms with Gasteiger partial charge in [0, 0.05) is 28.8 Å². The average molecular weight is 260 g/mol. The number of pyridine rings is 1. The van der Waals surface area contributed by atoms with Crippen LogP contribution < -0.4 is 5.73 Å². The van der Waals surface area contributed by atoms with Gasteiger partial charge in [0.05, 0.1) is 0 Å². The Balaban J connectivity index is 2.38. The van der Waals surface area contributed by atoms with Crippen molar-refractivity contribution in [2.24, 2.45) is 0 Å². The van der Waals surface area contributed by atoms with Crippen molar-refractivity contribution in [1.29, 1.82) is 0 Å². The van der Waals surface area contributed by atoms with Gasteiger partial charge >= 0.3 is 0 Å². The molecule has 0 aliphatic carbocycles. The smallest absolute Gasteiger partial charge is 0.134 e. The van der Waals surface area contributed by atoms with Crippen LogP contribution in [0.2, 0.25) is 0 Å². The molecule has 0 saturated heterocycles. The van der Waals surface area contributed by atoms with Gasteiger partial charge in [-0.15, -0.1) is 0 Å². The lowest BCUT2D eigenvalue weighted by molar-refractivity contribution is 0.751. The Morgan fingerprint density at radius 3 is 2.44 bits per heavy atom. The van der Waals surface area contributed by atoms with Crippen molar-refractivity contribution < 1.29 is 0 Å². The lowest BCUT2D eigenvalue weighted by Gasteiger charge is -2.11. The van der Waals surface area contributed by atoms with E-state index in [-0.39, 0.29) is 5.92 Å². The highest BCUT2D eigenvalue weighted by Gasteiger charge is 2.12. The number of nitrogens with zero attached hydrogens (tertiary/aromatic N) is 3. The molecule has 18 heavy (non-hydrogen) atoms. The van der Waals surface area contributed by atoms with Crippen LogP contribution in [0.5, 0.6) is 0 Å². The third-order valence-corrected chi connectivity index (χ3v) is 3.64. The number of anilines is 1. The van der Waals surface area contributed by atoms with E-state index in [2.05, 4.69) is 28.8 Å². The molecule has 0 unspecified atom stereocenters. The highest BCUT2D eigenvalue weighted by Crippen LogP contribution is 2.30. The molecule has 0 saturated carbocycles. The maximum atomic E-state index is 5.94. The average Bonchev–Trinajstić information content (AvgIpc) is 2.35. The third-order valence-electron chi connectivity index (χ3n) is 2.54. The quantitative estimate of drug-likeness (QED) is 0.859. The minimum atomic E-state index is 0.268. The van der Waals surface area contributed by atoms with Crippen molar-refractivity contribution in [1.82, 2.24) is 15.0 Å². The molecular formula is C13H16N4S. The van der Waals surface area contributed by atoms with E-state index in [0.29, 0.717) is 5.82 Å². The summed E-state index contributed by atoms with van der Waals surface area (Å²) in [5, 5.41) is 0.914. The zero-order valence-corrected chi connectivity index (χ0v) is 11.5. The second-order valence-corrected chi connectivity index (χ2v) is 5.40. The monoisotopic (exact) mass is 260 g/mol. The molecule has 4 nitrogen and oxygen atoms in total. The van der Waals surface area contributed by atoms with E-state index >= 15 is 0 Å². The number of hydrogen-bond donors (Lipinski definition) is 1. The Hall–Kier alpha value is -1.62. The van der Waals surface area contributed by atoms with Crippen molar-refractivity contribution in [3.63, 3.8) is 0 Å². The van der Waals surface area contributed by atoms with Gasteiger partial charge in [-0.25, -0.2) is 9.97 Å². The van der Waals surface area contributed by atoms with Crippen LogP contribution >= 0.6 is 11.8 Å². The molecule has 0 aliphatic rings. The van der Waals surface area contributed by atoms with E-state index < -0.39 is 0 Å². The van der Waals surface area contributed by atoms with Crippen LogP contribution in [0.3, 0.4) is 0 Å². The first kappa shape index (κ1) is 12.8. The molecule has 0 aliphatic heterocycles. The summed E-state index contributed by atoms with van der Waals surface area (Å²) in [6, 6.07) is 3.91. The highest BCUT2D eigenvalue weighted by atomic mass is 32.2. The number of nitrogens with two attached hydrogens (primary N) is 1. The lowest BCUT2D eigenvalue weighted by atomic mass is 10.2. The summed E-state index contributed by atoms with van der Waals surface area (Å²) < 4.78 is 0. The largest absolute Gasteiger partial charge is 0.383 e. The Labute approximate surface area is 111 Å². The van der Waals surface area contributed by atoms with Crippen molar-refractivity contribution in [3.05, 3.63) is 35.9 Å². The normalized spacial score (nSPS) is 10.9. The molecule has 0 radical (unpaired) electrons. The fourth-order valence-electron chi connectivity index (χ4n) is 1.41. The minimum absolute atomic E-state index is 0.268. The fraction of sp³-hybridized carbons (Fsp3) is 0.308. The molecule has 2 aromatic heterocycles. The summed E-state index contributed by atoms with van der Waals surface area (Å²) in [5.41, 5.74) is 6.87. The number of nitrogen functional groups attached to an aromatic ring is 1. The molecule has 5 heteroatoms. The van der Waals surface area contributed by atoms with E-state index in [1.54, 1.807) is 24.2 Å². The maximum Gasteiger partial charge on any atom is 0.134 e. The molecule has 2 N–H and O–H groups in total. The van der Waals surface area contributed by atoms with Gasteiger partial charge in [-0.05, 0) is 19.1 Å². The Morgan fingerprint density at radius 1 is 1.17 bits per heavy atom. The second kappa shape index (κ2) is 5.35. The van der Waals surface area contributed by atoms with Gasteiger partial charge in [-0.3, -0.25) is 4.98 Å². The maximum absolute atomic E-state index is 5.94.